The number of nitrogens with one attached hydrogen (secondary N) is 2. The summed E-state index contributed by atoms with van der Waals surface area (Å²) in [6.07, 6.45) is 7.44. The van der Waals surface area contributed by atoms with E-state index in [1.807, 2.05) is 54.6 Å². The highest BCUT2D eigenvalue weighted by molar-refractivity contribution is 6.03. The summed E-state index contributed by atoms with van der Waals surface area (Å²) in [6.45, 7) is 0.741. The van der Waals surface area contributed by atoms with Gasteiger partial charge in [-0.25, -0.2) is 0 Å². The molecule has 3 aromatic carbocycles. The van der Waals surface area contributed by atoms with Crippen LogP contribution in [0.4, 0.5) is 17.1 Å². The molecule has 3 aromatic rings. The van der Waals surface area contributed by atoms with Gasteiger partial charge in [-0.2, -0.15) is 0 Å². The van der Waals surface area contributed by atoms with Crippen molar-refractivity contribution in [3.8, 4) is 0 Å². The summed E-state index contributed by atoms with van der Waals surface area (Å²) in [5, 5.41) is 6.11. The Bertz CT molecular complexity index is 961. The largest absolute Gasteiger partial charge is 0.397 e. The summed E-state index contributed by atoms with van der Waals surface area (Å²) in [6, 6.07) is 25.3. The summed E-state index contributed by atoms with van der Waals surface area (Å²) in [4.78, 5) is 12.0. The lowest BCUT2D eigenvalue weighted by molar-refractivity contribution is -0.111. The molecule has 0 aliphatic rings. The molecule has 0 saturated carbocycles. The summed E-state index contributed by atoms with van der Waals surface area (Å²) < 4.78 is 0. The molecule has 0 aliphatic carbocycles. The monoisotopic (exact) mass is 369 g/mol. The number of hydrogen-bond acceptors (Lipinski definition) is 3. The van der Waals surface area contributed by atoms with Gasteiger partial charge < -0.3 is 16.4 Å². The zero-order valence-corrected chi connectivity index (χ0v) is 15.5. The Labute approximate surface area is 165 Å². The molecule has 4 heteroatoms. The van der Waals surface area contributed by atoms with E-state index in [-0.39, 0.29) is 5.91 Å². The van der Waals surface area contributed by atoms with Crippen molar-refractivity contribution in [2.24, 2.45) is 0 Å². The van der Waals surface area contributed by atoms with E-state index in [1.165, 1.54) is 11.6 Å². The average Bonchev–Trinajstić information content (AvgIpc) is 2.73. The second-order valence-electron chi connectivity index (χ2n) is 6.23. The summed E-state index contributed by atoms with van der Waals surface area (Å²) >= 11 is 0. The molecule has 1 amide bonds. The summed E-state index contributed by atoms with van der Waals surface area (Å²) in [5.41, 5.74) is 10.1. The van der Waals surface area contributed by atoms with Crippen LogP contribution in [0.25, 0.3) is 12.2 Å². The fourth-order valence-corrected chi connectivity index (χ4v) is 2.61. The Morgan fingerprint density at radius 2 is 1.50 bits per heavy atom. The SMILES string of the molecule is Nc1ccccc1NC(=O)C=Cc1ccc(NCC=Cc2ccccc2)cc1. The fourth-order valence-electron chi connectivity index (χ4n) is 2.61. The molecule has 0 bridgehead atoms. The van der Waals surface area contributed by atoms with Gasteiger partial charge in [0.2, 0.25) is 5.91 Å². The molecule has 0 aliphatic heterocycles. The van der Waals surface area contributed by atoms with Crippen LogP contribution in [0.2, 0.25) is 0 Å². The first-order valence-corrected chi connectivity index (χ1v) is 9.10. The molecule has 0 unspecified atom stereocenters. The van der Waals surface area contributed by atoms with Crippen LogP contribution in [0, 0.1) is 0 Å². The van der Waals surface area contributed by atoms with Gasteiger partial charge in [0.05, 0.1) is 11.4 Å². The van der Waals surface area contributed by atoms with Gasteiger partial charge in [-0.15, -0.1) is 0 Å². The molecular formula is C24H23N3O. The normalized spacial score (nSPS) is 11.0. The van der Waals surface area contributed by atoms with Crippen molar-refractivity contribution in [3.05, 3.63) is 102 Å². The minimum atomic E-state index is -0.217. The topological polar surface area (TPSA) is 67.1 Å². The van der Waals surface area contributed by atoms with E-state index in [9.17, 15) is 4.79 Å². The highest BCUT2D eigenvalue weighted by Gasteiger charge is 2.00. The zero-order chi connectivity index (χ0) is 19.6. The Kier molecular flexibility index (Phi) is 6.63. The predicted octanol–water partition coefficient (Wildman–Crippen LogP) is 5.05. The maximum absolute atomic E-state index is 12.0. The first-order chi connectivity index (χ1) is 13.7. The zero-order valence-electron chi connectivity index (χ0n) is 15.5. The maximum Gasteiger partial charge on any atom is 0.248 e. The van der Waals surface area contributed by atoms with Gasteiger partial charge in [-0.3, -0.25) is 4.79 Å². The molecule has 0 spiro atoms. The molecule has 0 radical (unpaired) electrons. The van der Waals surface area contributed by atoms with Crippen LogP contribution in [-0.4, -0.2) is 12.5 Å². The van der Waals surface area contributed by atoms with E-state index in [0.29, 0.717) is 11.4 Å². The van der Waals surface area contributed by atoms with E-state index < -0.39 is 0 Å². The van der Waals surface area contributed by atoms with Gasteiger partial charge >= 0.3 is 0 Å². The minimum Gasteiger partial charge on any atom is -0.397 e. The number of para-hydroxylation sites is 2. The van der Waals surface area contributed by atoms with E-state index in [0.717, 1.165) is 17.8 Å². The number of hydrogen-bond donors (Lipinski definition) is 3. The molecule has 0 heterocycles. The number of amides is 1. The van der Waals surface area contributed by atoms with E-state index in [4.69, 9.17) is 5.73 Å². The highest BCUT2D eigenvalue weighted by Crippen LogP contribution is 2.17. The Balaban J connectivity index is 1.48. The van der Waals surface area contributed by atoms with Crippen LogP contribution >= 0.6 is 0 Å². The van der Waals surface area contributed by atoms with Crippen LogP contribution in [-0.2, 0) is 4.79 Å². The molecule has 0 fully saturated rings. The van der Waals surface area contributed by atoms with E-state index in [1.54, 1.807) is 18.2 Å². The molecule has 0 atom stereocenters. The van der Waals surface area contributed by atoms with Crippen molar-refractivity contribution in [1.29, 1.82) is 0 Å². The lowest BCUT2D eigenvalue weighted by Crippen LogP contribution is -2.09. The quantitative estimate of drug-likeness (QED) is 0.403. The van der Waals surface area contributed by atoms with Crippen molar-refractivity contribution in [2.45, 2.75) is 0 Å². The van der Waals surface area contributed by atoms with Gasteiger partial charge in [0.1, 0.15) is 0 Å². The molecule has 140 valence electrons. The molecule has 0 saturated heterocycles. The van der Waals surface area contributed by atoms with Crippen molar-refractivity contribution < 1.29 is 4.79 Å². The van der Waals surface area contributed by atoms with E-state index >= 15 is 0 Å². The molecule has 4 N–H and O–H groups in total. The second-order valence-corrected chi connectivity index (χ2v) is 6.23. The highest BCUT2D eigenvalue weighted by atomic mass is 16.1. The lowest BCUT2D eigenvalue weighted by Gasteiger charge is -2.05. The number of nitrogens with two attached hydrogens (primary N) is 1. The van der Waals surface area contributed by atoms with Crippen LogP contribution in [0.1, 0.15) is 11.1 Å². The maximum atomic E-state index is 12.0. The van der Waals surface area contributed by atoms with Crippen LogP contribution in [0.15, 0.2) is 91.0 Å². The third kappa shape index (κ3) is 5.88. The molecule has 0 aromatic heterocycles. The smallest absolute Gasteiger partial charge is 0.248 e. The van der Waals surface area contributed by atoms with Gasteiger partial charge in [0.15, 0.2) is 0 Å². The molecule has 4 nitrogen and oxygen atoms in total. The Morgan fingerprint density at radius 3 is 2.25 bits per heavy atom. The van der Waals surface area contributed by atoms with Gasteiger partial charge in [0, 0.05) is 18.3 Å². The second kappa shape index (κ2) is 9.78. The van der Waals surface area contributed by atoms with Crippen molar-refractivity contribution >= 4 is 35.1 Å². The van der Waals surface area contributed by atoms with Gasteiger partial charge in [-0.1, -0.05) is 66.7 Å². The number of anilines is 3. The predicted molar refractivity (Wildman–Crippen MR) is 119 cm³/mol. The number of nitrogen functional groups attached to an aromatic ring is 1. The Morgan fingerprint density at radius 1 is 0.821 bits per heavy atom. The number of carbonyl (C=O) groups is 1. The average molecular weight is 369 g/mol. The van der Waals surface area contributed by atoms with Gasteiger partial charge in [0.25, 0.3) is 0 Å². The fraction of sp³-hybridized carbons (Fsp3) is 0.0417. The third-order valence-corrected chi connectivity index (χ3v) is 4.09. The van der Waals surface area contributed by atoms with Crippen molar-refractivity contribution in [3.63, 3.8) is 0 Å². The molecule has 28 heavy (non-hydrogen) atoms. The van der Waals surface area contributed by atoms with Crippen molar-refractivity contribution in [1.82, 2.24) is 0 Å². The minimum absolute atomic E-state index is 0.217. The van der Waals surface area contributed by atoms with Crippen LogP contribution < -0.4 is 16.4 Å². The standard InChI is InChI=1S/C24H23N3O/c25-22-10-4-5-11-23(22)27-24(28)17-14-20-12-15-21(16-13-20)26-18-6-9-19-7-2-1-3-8-19/h1-17,26H,18,25H2,(H,27,28). The summed E-state index contributed by atoms with van der Waals surface area (Å²) in [7, 11) is 0. The number of rotatable bonds is 7. The Hall–Kier alpha value is -3.79. The number of benzene rings is 3. The van der Waals surface area contributed by atoms with Crippen LogP contribution in [0.3, 0.4) is 0 Å². The third-order valence-electron chi connectivity index (χ3n) is 4.09. The molecule has 3 rings (SSSR count). The van der Waals surface area contributed by atoms with Crippen LogP contribution in [0.5, 0.6) is 0 Å². The first-order valence-electron chi connectivity index (χ1n) is 9.10. The number of carbonyl (C=O) groups excluding carboxylic acids is 1. The van der Waals surface area contributed by atoms with Gasteiger partial charge in [-0.05, 0) is 41.5 Å². The lowest BCUT2D eigenvalue weighted by atomic mass is 10.2. The summed E-state index contributed by atoms with van der Waals surface area (Å²) in [5.74, 6) is -0.217. The van der Waals surface area contributed by atoms with E-state index in [2.05, 4.69) is 34.9 Å². The van der Waals surface area contributed by atoms with Crippen molar-refractivity contribution in [2.75, 3.05) is 22.9 Å². The first kappa shape index (κ1) is 19.0. The molecular weight excluding hydrogens is 346 g/mol.